The SMILES string of the molecule is O=C(O)c1[nH]nnc1Oc1cc(OCC2CCCC2)ccc1Cl. The first-order valence-electron chi connectivity index (χ1n) is 7.38. The molecule has 1 saturated carbocycles. The van der Waals surface area contributed by atoms with Gasteiger partial charge in [-0.05, 0) is 30.9 Å². The first-order valence-corrected chi connectivity index (χ1v) is 7.76. The quantitative estimate of drug-likeness (QED) is 0.837. The third kappa shape index (κ3) is 3.73. The number of rotatable bonds is 6. The second-order valence-corrected chi connectivity index (χ2v) is 5.86. The molecule has 1 aromatic heterocycles. The number of carboxylic acids is 1. The second kappa shape index (κ2) is 6.87. The van der Waals surface area contributed by atoms with E-state index in [4.69, 9.17) is 26.2 Å². The molecule has 1 aromatic carbocycles. The average Bonchev–Trinajstić information content (AvgIpc) is 3.19. The Hall–Kier alpha value is -2.28. The summed E-state index contributed by atoms with van der Waals surface area (Å²) in [5, 5.41) is 18.6. The van der Waals surface area contributed by atoms with Gasteiger partial charge in [0.25, 0.3) is 5.88 Å². The summed E-state index contributed by atoms with van der Waals surface area (Å²) in [6.45, 7) is 0.658. The highest BCUT2D eigenvalue weighted by molar-refractivity contribution is 6.32. The molecule has 0 unspecified atom stereocenters. The highest BCUT2D eigenvalue weighted by Gasteiger charge is 2.19. The summed E-state index contributed by atoms with van der Waals surface area (Å²) in [5.74, 6) is 0.120. The van der Waals surface area contributed by atoms with Gasteiger partial charge in [0, 0.05) is 6.07 Å². The van der Waals surface area contributed by atoms with E-state index < -0.39 is 5.97 Å². The van der Waals surface area contributed by atoms with Gasteiger partial charge in [-0.1, -0.05) is 34.8 Å². The van der Waals surface area contributed by atoms with Gasteiger partial charge in [-0.15, -0.1) is 0 Å². The molecule has 0 amide bonds. The molecule has 1 fully saturated rings. The van der Waals surface area contributed by atoms with Crippen molar-refractivity contribution < 1.29 is 19.4 Å². The summed E-state index contributed by atoms with van der Waals surface area (Å²) >= 11 is 6.09. The number of halogens is 1. The van der Waals surface area contributed by atoms with Crippen molar-refractivity contribution in [1.29, 1.82) is 0 Å². The Morgan fingerprint density at radius 1 is 1.39 bits per heavy atom. The van der Waals surface area contributed by atoms with Crippen LogP contribution in [0.15, 0.2) is 18.2 Å². The summed E-state index contributed by atoms with van der Waals surface area (Å²) in [6, 6.07) is 5.02. The van der Waals surface area contributed by atoms with Crippen LogP contribution >= 0.6 is 11.6 Å². The van der Waals surface area contributed by atoms with E-state index in [1.807, 2.05) is 0 Å². The molecule has 0 atom stereocenters. The predicted molar refractivity (Wildman–Crippen MR) is 82.3 cm³/mol. The van der Waals surface area contributed by atoms with Crippen molar-refractivity contribution in [3.05, 3.63) is 28.9 Å². The smallest absolute Gasteiger partial charge is 0.359 e. The molecule has 3 rings (SSSR count). The van der Waals surface area contributed by atoms with E-state index in [-0.39, 0.29) is 17.3 Å². The molecule has 0 bridgehead atoms. The van der Waals surface area contributed by atoms with E-state index in [0.29, 0.717) is 23.3 Å². The van der Waals surface area contributed by atoms with Gasteiger partial charge in [-0.3, -0.25) is 0 Å². The molecule has 1 aliphatic carbocycles. The molecular weight excluding hydrogens is 322 g/mol. The maximum Gasteiger partial charge on any atom is 0.359 e. The Morgan fingerprint density at radius 2 is 2.17 bits per heavy atom. The van der Waals surface area contributed by atoms with Gasteiger partial charge in [0.15, 0.2) is 5.75 Å². The molecule has 8 heteroatoms. The van der Waals surface area contributed by atoms with Gasteiger partial charge in [0.1, 0.15) is 5.75 Å². The number of aromatic amines is 1. The number of nitrogens with one attached hydrogen (secondary N) is 1. The molecule has 1 aliphatic rings. The lowest BCUT2D eigenvalue weighted by Crippen LogP contribution is -2.08. The van der Waals surface area contributed by atoms with Crippen molar-refractivity contribution in [3.63, 3.8) is 0 Å². The highest BCUT2D eigenvalue weighted by atomic mass is 35.5. The molecule has 7 nitrogen and oxygen atoms in total. The van der Waals surface area contributed by atoms with Crippen LogP contribution in [0.4, 0.5) is 0 Å². The van der Waals surface area contributed by atoms with Gasteiger partial charge >= 0.3 is 5.97 Å². The van der Waals surface area contributed by atoms with Crippen LogP contribution in [0.25, 0.3) is 0 Å². The molecule has 2 aromatic rings. The van der Waals surface area contributed by atoms with Crippen molar-refractivity contribution in [1.82, 2.24) is 15.4 Å². The van der Waals surface area contributed by atoms with Crippen molar-refractivity contribution in [2.45, 2.75) is 25.7 Å². The van der Waals surface area contributed by atoms with E-state index in [1.54, 1.807) is 18.2 Å². The lowest BCUT2D eigenvalue weighted by Gasteiger charge is -2.13. The largest absolute Gasteiger partial charge is 0.493 e. The highest BCUT2D eigenvalue weighted by Crippen LogP contribution is 2.33. The van der Waals surface area contributed by atoms with Crippen LogP contribution in [0, 0.1) is 5.92 Å². The standard InChI is InChI=1S/C15H16ClN3O4/c16-11-6-5-10(22-8-9-3-1-2-4-9)7-12(11)23-14-13(15(20)21)17-19-18-14/h5-7,9H,1-4,8H2,(H,20,21)(H,17,18,19). The minimum absolute atomic E-state index is 0.146. The molecule has 0 spiro atoms. The maximum atomic E-state index is 11.0. The minimum Gasteiger partial charge on any atom is -0.493 e. The number of hydrogen-bond donors (Lipinski definition) is 2. The Bertz CT molecular complexity index is 698. The molecule has 0 saturated heterocycles. The number of carboxylic acid groups (broad SMARTS) is 1. The molecule has 122 valence electrons. The van der Waals surface area contributed by atoms with E-state index in [9.17, 15) is 4.79 Å². The molecule has 2 N–H and O–H groups in total. The summed E-state index contributed by atoms with van der Waals surface area (Å²) in [5.41, 5.74) is -0.238. The van der Waals surface area contributed by atoms with Crippen molar-refractivity contribution >= 4 is 17.6 Å². The van der Waals surface area contributed by atoms with Crippen molar-refractivity contribution in [3.8, 4) is 17.4 Å². The summed E-state index contributed by atoms with van der Waals surface area (Å²) < 4.78 is 11.2. The number of H-pyrrole nitrogens is 1. The van der Waals surface area contributed by atoms with Gasteiger partial charge in [-0.2, -0.15) is 0 Å². The number of aromatic carboxylic acids is 1. The minimum atomic E-state index is -1.21. The zero-order valence-electron chi connectivity index (χ0n) is 12.3. The van der Waals surface area contributed by atoms with Crippen molar-refractivity contribution in [2.24, 2.45) is 5.92 Å². The fourth-order valence-corrected chi connectivity index (χ4v) is 2.73. The maximum absolute atomic E-state index is 11.0. The van der Waals surface area contributed by atoms with Crippen LogP contribution in [0.2, 0.25) is 5.02 Å². The van der Waals surface area contributed by atoms with Crippen LogP contribution in [-0.4, -0.2) is 33.1 Å². The number of aromatic nitrogens is 3. The van der Waals surface area contributed by atoms with Gasteiger partial charge < -0.3 is 14.6 Å². The monoisotopic (exact) mass is 337 g/mol. The fourth-order valence-electron chi connectivity index (χ4n) is 2.58. The fraction of sp³-hybridized carbons (Fsp3) is 0.400. The normalized spacial score (nSPS) is 14.8. The number of nitrogens with zero attached hydrogens (tertiary/aromatic N) is 2. The number of carbonyl (C=O) groups is 1. The van der Waals surface area contributed by atoms with Gasteiger partial charge in [0.2, 0.25) is 5.69 Å². The van der Waals surface area contributed by atoms with Crippen LogP contribution < -0.4 is 9.47 Å². The average molecular weight is 338 g/mol. The number of ether oxygens (including phenoxy) is 2. The molecule has 0 radical (unpaired) electrons. The number of benzene rings is 1. The zero-order chi connectivity index (χ0) is 16.2. The third-order valence-electron chi connectivity index (χ3n) is 3.80. The molecule has 23 heavy (non-hydrogen) atoms. The van der Waals surface area contributed by atoms with Crippen LogP contribution in [-0.2, 0) is 0 Å². The van der Waals surface area contributed by atoms with Crippen LogP contribution in [0.3, 0.4) is 0 Å². The van der Waals surface area contributed by atoms with Gasteiger partial charge in [0.05, 0.1) is 11.6 Å². The first kappa shape index (κ1) is 15.6. The Kier molecular flexibility index (Phi) is 4.66. The molecule has 1 heterocycles. The van der Waals surface area contributed by atoms with Crippen LogP contribution in [0.5, 0.6) is 17.4 Å². The first-order chi connectivity index (χ1) is 11.1. The lowest BCUT2D eigenvalue weighted by molar-refractivity contribution is 0.0687. The Labute approximate surface area is 137 Å². The van der Waals surface area contributed by atoms with Gasteiger partial charge in [-0.25, -0.2) is 9.89 Å². The summed E-state index contributed by atoms with van der Waals surface area (Å²) in [7, 11) is 0. The van der Waals surface area contributed by atoms with E-state index in [0.717, 1.165) is 0 Å². The third-order valence-corrected chi connectivity index (χ3v) is 4.11. The summed E-state index contributed by atoms with van der Waals surface area (Å²) in [6.07, 6.45) is 4.90. The lowest BCUT2D eigenvalue weighted by atomic mass is 10.1. The van der Waals surface area contributed by atoms with E-state index in [2.05, 4.69) is 15.4 Å². The Balaban J connectivity index is 1.72. The van der Waals surface area contributed by atoms with Crippen molar-refractivity contribution in [2.75, 3.05) is 6.61 Å². The van der Waals surface area contributed by atoms with E-state index in [1.165, 1.54) is 25.7 Å². The van der Waals surface area contributed by atoms with E-state index >= 15 is 0 Å². The Morgan fingerprint density at radius 3 is 2.91 bits per heavy atom. The molecular formula is C15H16ClN3O4. The topological polar surface area (TPSA) is 97.3 Å². The number of hydrogen-bond acceptors (Lipinski definition) is 5. The zero-order valence-corrected chi connectivity index (χ0v) is 13.0. The second-order valence-electron chi connectivity index (χ2n) is 5.45. The molecule has 0 aliphatic heterocycles. The van der Waals surface area contributed by atoms with Crippen LogP contribution in [0.1, 0.15) is 36.2 Å². The predicted octanol–water partition coefficient (Wildman–Crippen LogP) is 3.52. The summed E-state index contributed by atoms with van der Waals surface area (Å²) in [4.78, 5) is 11.0.